The Hall–Kier alpha value is -2.23. The molecule has 0 saturated carbocycles. The number of benzene rings is 1. The summed E-state index contributed by atoms with van der Waals surface area (Å²) in [7, 11) is -2.09. The number of hydrogen-bond acceptors (Lipinski definition) is 5. The van der Waals surface area contributed by atoms with E-state index in [1.165, 1.54) is 19.2 Å². The van der Waals surface area contributed by atoms with Crippen LogP contribution in [0.5, 0.6) is 0 Å². The van der Waals surface area contributed by atoms with E-state index in [4.69, 9.17) is 0 Å². The molecule has 0 unspecified atom stereocenters. The summed E-state index contributed by atoms with van der Waals surface area (Å²) in [6.45, 7) is 1.80. The molecular weight excluding hydrogens is 330 g/mol. The Morgan fingerprint density at radius 3 is 2.75 bits per heavy atom. The summed E-state index contributed by atoms with van der Waals surface area (Å²) in [5, 5.41) is 13.0. The summed E-state index contributed by atoms with van der Waals surface area (Å²) in [5.41, 5.74) is 3.13. The van der Waals surface area contributed by atoms with Crippen molar-refractivity contribution in [3.8, 4) is 0 Å². The van der Waals surface area contributed by atoms with E-state index < -0.39 is 10.0 Å². The average Bonchev–Trinajstić information content (AvgIpc) is 3.04. The largest absolute Gasteiger partial charge is 0.347 e. The van der Waals surface area contributed by atoms with Gasteiger partial charge in [-0.25, -0.2) is 13.1 Å². The molecule has 1 aromatic carbocycles. The van der Waals surface area contributed by atoms with Gasteiger partial charge in [0.05, 0.1) is 4.90 Å². The third kappa shape index (κ3) is 3.32. The van der Waals surface area contributed by atoms with Crippen LogP contribution in [0, 0.1) is 0 Å². The Labute approximate surface area is 140 Å². The van der Waals surface area contributed by atoms with Gasteiger partial charge >= 0.3 is 0 Å². The van der Waals surface area contributed by atoms with Crippen molar-refractivity contribution < 1.29 is 13.2 Å². The Morgan fingerprint density at radius 2 is 2.04 bits per heavy atom. The SMILES string of the molecule is CNS(=O)(=O)c1ccc(CNC(=O)c2n[nH]c3c2CNCC3)cc1. The molecule has 0 radical (unpaired) electrons. The number of amides is 1. The second-order valence-electron chi connectivity index (χ2n) is 5.49. The summed E-state index contributed by atoms with van der Waals surface area (Å²) in [5.74, 6) is -0.247. The molecule has 0 spiro atoms. The molecule has 2 heterocycles. The standard InChI is InChI=1S/C15H19N5O3S/c1-16-24(22,23)11-4-2-10(3-5-11)8-18-15(21)14-12-9-17-7-6-13(12)19-20-14/h2-5,16-17H,6-9H2,1H3,(H,18,21)(H,19,20). The fraction of sp³-hybridized carbons (Fsp3) is 0.333. The van der Waals surface area contributed by atoms with Crippen molar-refractivity contribution in [1.29, 1.82) is 0 Å². The van der Waals surface area contributed by atoms with Gasteiger partial charge in [0.1, 0.15) is 0 Å². The van der Waals surface area contributed by atoms with Gasteiger partial charge in [-0.2, -0.15) is 5.10 Å². The van der Waals surface area contributed by atoms with Crippen LogP contribution < -0.4 is 15.4 Å². The molecule has 1 aliphatic heterocycles. The second-order valence-corrected chi connectivity index (χ2v) is 7.38. The lowest BCUT2D eigenvalue weighted by Crippen LogP contribution is -2.28. The smallest absolute Gasteiger partial charge is 0.272 e. The number of fused-ring (bicyclic) bond motifs is 1. The third-order valence-electron chi connectivity index (χ3n) is 3.98. The predicted octanol–water partition coefficient (Wildman–Crippen LogP) is -0.106. The highest BCUT2D eigenvalue weighted by Crippen LogP contribution is 2.15. The first-order valence-electron chi connectivity index (χ1n) is 7.59. The molecule has 3 rings (SSSR count). The number of carbonyl (C=O) groups excluding carboxylic acids is 1. The minimum absolute atomic E-state index is 0.188. The van der Waals surface area contributed by atoms with Crippen LogP contribution in [0.2, 0.25) is 0 Å². The molecule has 1 amide bonds. The van der Waals surface area contributed by atoms with Crippen LogP contribution >= 0.6 is 0 Å². The van der Waals surface area contributed by atoms with Crippen LogP contribution in [-0.4, -0.2) is 38.1 Å². The average molecular weight is 349 g/mol. The topological polar surface area (TPSA) is 116 Å². The number of aromatic nitrogens is 2. The molecule has 1 aliphatic rings. The van der Waals surface area contributed by atoms with E-state index in [0.717, 1.165) is 29.8 Å². The maximum absolute atomic E-state index is 12.3. The summed E-state index contributed by atoms with van der Waals surface area (Å²) in [4.78, 5) is 12.5. The first-order chi connectivity index (χ1) is 11.5. The van der Waals surface area contributed by atoms with Crippen LogP contribution in [0.3, 0.4) is 0 Å². The highest BCUT2D eigenvalue weighted by Gasteiger charge is 2.21. The van der Waals surface area contributed by atoms with E-state index in [1.54, 1.807) is 12.1 Å². The summed E-state index contributed by atoms with van der Waals surface area (Å²) < 4.78 is 25.6. The molecule has 0 saturated heterocycles. The van der Waals surface area contributed by atoms with Crippen molar-refractivity contribution in [2.45, 2.75) is 24.4 Å². The highest BCUT2D eigenvalue weighted by atomic mass is 32.2. The first kappa shape index (κ1) is 16.6. The zero-order valence-corrected chi connectivity index (χ0v) is 14.0. The van der Waals surface area contributed by atoms with Gasteiger partial charge in [0.25, 0.3) is 5.91 Å². The van der Waals surface area contributed by atoms with E-state index in [1.807, 2.05) is 0 Å². The van der Waals surface area contributed by atoms with E-state index >= 15 is 0 Å². The summed E-state index contributed by atoms with van der Waals surface area (Å²) in [6.07, 6.45) is 0.830. The molecule has 128 valence electrons. The second kappa shape index (κ2) is 6.71. The minimum Gasteiger partial charge on any atom is -0.347 e. The molecular formula is C15H19N5O3S. The lowest BCUT2D eigenvalue weighted by atomic mass is 10.1. The third-order valence-corrected chi connectivity index (χ3v) is 5.41. The number of rotatable bonds is 5. The Morgan fingerprint density at radius 1 is 1.29 bits per heavy atom. The van der Waals surface area contributed by atoms with Gasteiger partial charge in [-0.3, -0.25) is 9.89 Å². The van der Waals surface area contributed by atoms with Gasteiger partial charge in [0.15, 0.2) is 5.69 Å². The first-order valence-corrected chi connectivity index (χ1v) is 9.07. The molecule has 8 nitrogen and oxygen atoms in total. The van der Waals surface area contributed by atoms with Gasteiger partial charge in [-0.1, -0.05) is 12.1 Å². The van der Waals surface area contributed by atoms with Crippen LogP contribution in [0.4, 0.5) is 0 Å². The fourth-order valence-electron chi connectivity index (χ4n) is 2.58. The lowest BCUT2D eigenvalue weighted by Gasteiger charge is -2.13. The van der Waals surface area contributed by atoms with E-state index in [2.05, 4.69) is 25.6 Å². The number of carbonyl (C=O) groups is 1. The zero-order valence-electron chi connectivity index (χ0n) is 13.2. The van der Waals surface area contributed by atoms with Crippen LogP contribution in [0.1, 0.15) is 27.3 Å². The van der Waals surface area contributed by atoms with Gasteiger partial charge in [-0.05, 0) is 24.7 Å². The van der Waals surface area contributed by atoms with Crippen LogP contribution in [0.15, 0.2) is 29.2 Å². The number of sulfonamides is 1. The van der Waals surface area contributed by atoms with Crippen LogP contribution in [0.25, 0.3) is 0 Å². The highest BCUT2D eigenvalue weighted by molar-refractivity contribution is 7.89. The van der Waals surface area contributed by atoms with E-state index in [9.17, 15) is 13.2 Å². The normalized spacial score (nSPS) is 14.2. The molecule has 9 heteroatoms. The molecule has 24 heavy (non-hydrogen) atoms. The van der Waals surface area contributed by atoms with Crippen LogP contribution in [-0.2, 0) is 29.5 Å². The predicted molar refractivity (Wildman–Crippen MR) is 87.9 cm³/mol. The molecule has 1 aromatic heterocycles. The number of nitrogens with zero attached hydrogens (tertiary/aromatic N) is 1. The van der Waals surface area contributed by atoms with Crippen molar-refractivity contribution >= 4 is 15.9 Å². The van der Waals surface area contributed by atoms with Crippen molar-refractivity contribution in [2.24, 2.45) is 0 Å². The number of nitrogens with one attached hydrogen (secondary N) is 4. The lowest BCUT2D eigenvalue weighted by molar-refractivity contribution is 0.0944. The quantitative estimate of drug-likeness (QED) is 0.601. The maximum Gasteiger partial charge on any atom is 0.272 e. The zero-order chi connectivity index (χ0) is 17.2. The van der Waals surface area contributed by atoms with E-state index in [0.29, 0.717) is 18.8 Å². The van der Waals surface area contributed by atoms with Crippen molar-refractivity contribution in [3.63, 3.8) is 0 Å². The molecule has 0 fully saturated rings. The number of H-pyrrole nitrogens is 1. The van der Waals surface area contributed by atoms with Gasteiger partial charge in [0, 0.05) is 37.3 Å². The molecule has 0 aliphatic carbocycles. The maximum atomic E-state index is 12.3. The Kier molecular flexibility index (Phi) is 4.65. The number of aromatic amines is 1. The van der Waals surface area contributed by atoms with Gasteiger partial charge in [0.2, 0.25) is 10.0 Å². The Bertz CT molecular complexity index is 842. The molecule has 4 N–H and O–H groups in total. The van der Waals surface area contributed by atoms with Crippen molar-refractivity contribution in [1.82, 2.24) is 25.6 Å². The molecule has 0 bridgehead atoms. The Balaban J connectivity index is 1.65. The summed E-state index contributed by atoms with van der Waals surface area (Å²) in [6, 6.07) is 6.36. The van der Waals surface area contributed by atoms with Crippen molar-refractivity contribution in [3.05, 3.63) is 46.8 Å². The fourth-order valence-corrected chi connectivity index (χ4v) is 3.31. The molecule has 0 atom stereocenters. The monoisotopic (exact) mass is 349 g/mol. The minimum atomic E-state index is -3.45. The van der Waals surface area contributed by atoms with Gasteiger partial charge < -0.3 is 10.6 Å². The van der Waals surface area contributed by atoms with Gasteiger partial charge in [-0.15, -0.1) is 0 Å². The molecule has 2 aromatic rings. The van der Waals surface area contributed by atoms with Crippen molar-refractivity contribution in [2.75, 3.05) is 13.6 Å². The summed E-state index contributed by atoms with van der Waals surface area (Å²) >= 11 is 0. The number of hydrogen-bond donors (Lipinski definition) is 4. The van der Waals surface area contributed by atoms with E-state index in [-0.39, 0.29) is 10.8 Å².